The van der Waals surface area contributed by atoms with Crippen molar-refractivity contribution >= 4 is 28.8 Å². The Hall–Kier alpha value is -3.66. The monoisotopic (exact) mass is 597 g/mol. The number of imidazole rings is 1. The lowest BCUT2D eigenvalue weighted by atomic mass is 9.98. The van der Waals surface area contributed by atoms with Gasteiger partial charge in [0.2, 0.25) is 5.91 Å². The quantitative estimate of drug-likeness (QED) is 0.210. The fraction of sp³-hybridized carbons (Fsp3) is 0.438. The Bertz CT molecular complexity index is 1400. The second-order valence-corrected chi connectivity index (χ2v) is 11.8. The van der Waals surface area contributed by atoms with Crippen molar-refractivity contribution in [2.24, 2.45) is 11.8 Å². The molecule has 0 spiro atoms. The molecular weight excluding hydrogens is 557 g/mol. The van der Waals surface area contributed by atoms with E-state index >= 15 is 4.39 Å². The highest BCUT2D eigenvalue weighted by molar-refractivity contribution is 8.13. The summed E-state index contributed by atoms with van der Waals surface area (Å²) in [5.41, 5.74) is 2.82. The maximum Gasteiger partial charge on any atom is 0.336 e. The number of nitrogens with one attached hydrogen (secondary N) is 1. The fourth-order valence-corrected chi connectivity index (χ4v) is 5.47. The van der Waals surface area contributed by atoms with Gasteiger partial charge in [-0.1, -0.05) is 69.8 Å². The second kappa shape index (κ2) is 15.5. The van der Waals surface area contributed by atoms with Crippen LogP contribution < -0.4 is 10.1 Å². The Morgan fingerprint density at radius 3 is 2.50 bits per heavy atom. The number of benzene rings is 2. The zero-order chi connectivity index (χ0) is 30.8. The molecule has 0 aliphatic carbocycles. The van der Waals surface area contributed by atoms with E-state index in [1.165, 1.54) is 19.1 Å². The minimum atomic E-state index is -1.08. The van der Waals surface area contributed by atoms with E-state index in [0.717, 1.165) is 29.6 Å². The van der Waals surface area contributed by atoms with Gasteiger partial charge in [-0.3, -0.25) is 14.2 Å². The number of nitrogens with zero attached hydrogens (tertiary/aromatic N) is 2. The van der Waals surface area contributed by atoms with Gasteiger partial charge in [-0.15, -0.1) is 0 Å². The van der Waals surface area contributed by atoms with E-state index in [2.05, 4.69) is 10.3 Å². The number of hydrogen-bond acceptors (Lipinski definition) is 6. The molecule has 0 saturated carbocycles. The summed E-state index contributed by atoms with van der Waals surface area (Å²) in [6.45, 7) is 10.2. The van der Waals surface area contributed by atoms with Crippen LogP contribution in [0.1, 0.15) is 74.8 Å². The summed E-state index contributed by atoms with van der Waals surface area (Å²) in [5.74, 6) is -1.35. The van der Waals surface area contributed by atoms with Crippen molar-refractivity contribution in [1.82, 2.24) is 14.9 Å². The van der Waals surface area contributed by atoms with E-state index in [1.807, 2.05) is 27.7 Å². The van der Waals surface area contributed by atoms with Crippen LogP contribution in [0.15, 0.2) is 42.5 Å². The van der Waals surface area contributed by atoms with Crippen LogP contribution in [0.25, 0.3) is 11.1 Å². The molecule has 1 unspecified atom stereocenters. The molecule has 0 bridgehead atoms. The first-order chi connectivity index (χ1) is 20.0. The number of carboxylic acids is 1. The summed E-state index contributed by atoms with van der Waals surface area (Å²) in [5, 5.41) is 12.6. The second-order valence-electron chi connectivity index (χ2n) is 10.6. The number of halogens is 1. The van der Waals surface area contributed by atoms with Crippen molar-refractivity contribution in [1.29, 1.82) is 0 Å². The molecule has 2 N–H and O–H groups in total. The summed E-state index contributed by atoms with van der Waals surface area (Å²) in [4.78, 5) is 41.1. The maximum atomic E-state index is 15.5. The molecule has 42 heavy (non-hydrogen) atoms. The van der Waals surface area contributed by atoms with Gasteiger partial charge in [-0.25, -0.2) is 9.18 Å². The normalized spacial score (nSPS) is 11.9. The Morgan fingerprint density at radius 2 is 1.88 bits per heavy atom. The highest BCUT2D eigenvalue weighted by atomic mass is 32.2. The van der Waals surface area contributed by atoms with E-state index in [0.29, 0.717) is 47.9 Å². The molecule has 3 rings (SSSR count). The van der Waals surface area contributed by atoms with E-state index in [1.54, 1.807) is 34.9 Å². The Morgan fingerprint density at radius 1 is 1.14 bits per heavy atom. The molecule has 2 aromatic carbocycles. The molecule has 0 fully saturated rings. The molecule has 0 aliphatic rings. The van der Waals surface area contributed by atoms with Crippen LogP contribution in [-0.4, -0.2) is 44.0 Å². The van der Waals surface area contributed by atoms with Gasteiger partial charge >= 0.3 is 5.97 Å². The number of amides is 1. The third kappa shape index (κ3) is 8.67. The highest BCUT2D eigenvalue weighted by Gasteiger charge is 2.24. The lowest BCUT2D eigenvalue weighted by molar-refractivity contribution is -0.125. The summed E-state index contributed by atoms with van der Waals surface area (Å²) < 4.78 is 23.3. The molecule has 1 amide bonds. The average Bonchev–Trinajstić information content (AvgIpc) is 3.29. The van der Waals surface area contributed by atoms with Crippen LogP contribution in [0.3, 0.4) is 0 Å². The van der Waals surface area contributed by atoms with Gasteiger partial charge in [-0.05, 0) is 48.4 Å². The largest absolute Gasteiger partial charge is 0.478 e. The fourth-order valence-electron chi connectivity index (χ4n) is 4.75. The summed E-state index contributed by atoms with van der Waals surface area (Å²) >= 11 is 1.15. The molecule has 8 nitrogen and oxygen atoms in total. The van der Waals surface area contributed by atoms with E-state index in [4.69, 9.17) is 4.74 Å². The molecule has 10 heteroatoms. The Kier molecular flexibility index (Phi) is 12.2. The first kappa shape index (κ1) is 32.8. The lowest BCUT2D eigenvalue weighted by Gasteiger charge is -2.19. The van der Waals surface area contributed by atoms with Gasteiger partial charge in [-0.2, -0.15) is 4.98 Å². The van der Waals surface area contributed by atoms with Gasteiger partial charge in [0.1, 0.15) is 5.82 Å². The Labute approximate surface area is 251 Å². The summed E-state index contributed by atoms with van der Waals surface area (Å²) in [7, 11) is 0. The predicted molar refractivity (Wildman–Crippen MR) is 163 cm³/mol. The zero-order valence-electron chi connectivity index (χ0n) is 24.9. The maximum absolute atomic E-state index is 15.5. The standard InChI is InChI=1S/C32H40FN3O5S/c1-6-14-41-32-35-28(7-2)29(17-34-30(38)24(15-20(3)4)19-42-21(5)37)36(32)18-23-13-12-22(16-27(23)33)25-10-8-9-11-26(25)31(39)40/h8-13,16,20,24H,6-7,14-15,17-19H2,1-5H3,(H,34,38)(H,39,40). The smallest absolute Gasteiger partial charge is 0.336 e. The van der Waals surface area contributed by atoms with Gasteiger partial charge in [0.25, 0.3) is 6.01 Å². The molecule has 0 aliphatic heterocycles. The first-order valence-electron chi connectivity index (χ1n) is 14.3. The average molecular weight is 598 g/mol. The number of carbonyl (C=O) groups is 3. The minimum Gasteiger partial charge on any atom is -0.478 e. The van der Waals surface area contributed by atoms with Gasteiger partial charge in [0, 0.05) is 24.2 Å². The number of hydrogen-bond donors (Lipinski definition) is 2. The third-order valence-electron chi connectivity index (χ3n) is 6.79. The minimum absolute atomic E-state index is 0.0277. The molecule has 0 saturated heterocycles. The number of ether oxygens (including phenoxy) is 1. The van der Waals surface area contributed by atoms with Crippen LogP contribution in [-0.2, 0) is 29.1 Å². The number of rotatable bonds is 15. The number of carbonyl (C=O) groups excluding carboxylic acids is 2. The van der Waals surface area contributed by atoms with Crippen LogP contribution >= 0.6 is 11.8 Å². The number of carboxylic acid groups (broad SMARTS) is 1. The summed E-state index contributed by atoms with van der Waals surface area (Å²) in [6.07, 6.45) is 2.00. The topological polar surface area (TPSA) is 111 Å². The molecule has 1 aromatic heterocycles. The number of aryl methyl sites for hydroxylation is 1. The number of thioether (sulfide) groups is 1. The van der Waals surface area contributed by atoms with Crippen LogP contribution in [0.2, 0.25) is 0 Å². The first-order valence-corrected chi connectivity index (χ1v) is 15.3. The molecule has 3 aromatic rings. The highest BCUT2D eigenvalue weighted by Crippen LogP contribution is 2.28. The van der Waals surface area contributed by atoms with Crippen molar-refractivity contribution in [3.63, 3.8) is 0 Å². The van der Waals surface area contributed by atoms with Crippen molar-refractivity contribution in [2.45, 2.75) is 67.0 Å². The molecule has 1 heterocycles. The third-order valence-corrected chi connectivity index (χ3v) is 7.76. The summed E-state index contributed by atoms with van der Waals surface area (Å²) in [6, 6.07) is 11.5. The molecule has 0 radical (unpaired) electrons. The molecular formula is C32H40FN3O5S. The zero-order valence-corrected chi connectivity index (χ0v) is 25.7. The molecule has 1 atom stereocenters. The van der Waals surface area contributed by atoms with Crippen LogP contribution in [0.5, 0.6) is 6.01 Å². The number of aromatic carboxylic acids is 1. The van der Waals surface area contributed by atoms with Crippen molar-refractivity contribution < 1.29 is 28.6 Å². The van der Waals surface area contributed by atoms with E-state index in [9.17, 15) is 19.5 Å². The lowest BCUT2D eigenvalue weighted by Crippen LogP contribution is -2.33. The SMILES string of the molecule is CCCOc1nc(CC)c(CNC(=O)C(CSC(C)=O)CC(C)C)n1Cc1ccc(-c2ccccc2C(=O)O)cc1F. The van der Waals surface area contributed by atoms with Crippen molar-refractivity contribution in [3.05, 3.63) is 70.8 Å². The van der Waals surface area contributed by atoms with Gasteiger partial charge in [0.15, 0.2) is 5.12 Å². The van der Waals surface area contributed by atoms with Crippen LogP contribution in [0, 0.1) is 17.7 Å². The van der Waals surface area contributed by atoms with Gasteiger partial charge < -0.3 is 15.2 Å². The van der Waals surface area contributed by atoms with Crippen molar-refractivity contribution in [2.75, 3.05) is 12.4 Å². The van der Waals surface area contributed by atoms with Crippen LogP contribution in [0.4, 0.5) is 4.39 Å². The van der Waals surface area contributed by atoms with E-state index < -0.39 is 11.8 Å². The predicted octanol–water partition coefficient (Wildman–Crippen LogP) is 6.35. The number of aromatic nitrogens is 2. The van der Waals surface area contributed by atoms with Crippen molar-refractivity contribution in [3.8, 4) is 17.1 Å². The molecule has 226 valence electrons. The Balaban J connectivity index is 1.92. The van der Waals surface area contributed by atoms with E-state index in [-0.39, 0.29) is 41.5 Å². The van der Waals surface area contributed by atoms with Gasteiger partial charge in [0.05, 0.1) is 36.6 Å².